The quantitative estimate of drug-likeness (QED) is 0.144. The van der Waals surface area contributed by atoms with Crippen LogP contribution in [0.1, 0.15) is 115 Å². The van der Waals surface area contributed by atoms with Gasteiger partial charge in [0.15, 0.2) is 11.8 Å². The van der Waals surface area contributed by atoms with Crippen molar-refractivity contribution < 1.29 is 33.9 Å². The van der Waals surface area contributed by atoms with Gasteiger partial charge in [-0.05, 0) is 44.7 Å². The first kappa shape index (κ1) is 35.6. The van der Waals surface area contributed by atoms with E-state index in [1.165, 1.54) is 17.4 Å². The average molecular weight is 611 g/mol. The zero-order valence-corrected chi connectivity index (χ0v) is 27.1. The molecule has 12 heteroatoms. The summed E-state index contributed by atoms with van der Waals surface area (Å²) in [5.74, 6) is -2.52. The summed E-state index contributed by atoms with van der Waals surface area (Å²) >= 11 is 1.09. The number of hydrogen-bond acceptors (Lipinski definition) is 9. The zero-order valence-electron chi connectivity index (χ0n) is 26.3. The number of unbranched alkanes of at least 4 members (excludes halogenated alkanes) is 2. The topological polar surface area (TPSA) is 138 Å². The number of aromatic nitrogens is 1. The molecule has 11 nitrogen and oxygen atoms in total. The Kier molecular flexibility index (Phi) is 14.9. The number of likely N-dealkylation sites (N-methyl/N-ethyl adjacent to an activating group) is 1. The minimum atomic E-state index is -1.17. The average Bonchev–Trinajstić information content (AvgIpc) is 3.44. The van der Waals surface area contributed by atoms with E-state index in [9.17, 15) is 24.3 Å². The summed E-state index contributed by atoms with van der Waals surface area (Å²) in [6, 6.07) is -1.66. The molecule has 2 N–H and O–H groups in total. The molecule has 238 valence electrons. The van der Waals surface area contributed by atoms with Crippen LogP contribution in [0.25, 0.3) is 0 Å². The first-order chi connectivity index (χ1) is 19.9. The number of esters is 1. The molecule has 1 aliphatic heterocycles. The van der Waals surface area contributed by atoms with Crippen LogP contribution in [0.4, 0.5) is 0 Å². The first-order valence-corrected chi connectivity index (χ1v) is 16.1. The lowest BCUT2D eigenvalue weighted by Gasteiger charge is -2.39. The molecule has 1 aromatic rings. The maximum atomic E-state index is 14.4. The zero-order chi connectivity index (χ0) is 31.4. The molecule has 2 heterocycles. The van der Waals surface area contributed by atoms with E-state index in [0.717, 1.165) is 56.4 Å². The number of piperidine rings is 1. The highest BCUT2D eigenvalue weighted by Crippen LogP contribution is 2.32. The van der Waals surface area contributed by atoms with E-state index in [2.05, 4.69) is 17.2 Å². The molecule has 0 saturated carbocycles. The maximum absolute atomic E-state index is 14.4. The number of carbonyl (C=O) groups excluding carboxylic acids is 3. The van der Waals surface area contributed by atoms with Crippen molar-refractivity contribution in [1.82, 2.24) is 20.3 Å². The summed E-state index contributed by atoms with van der Waals surface area (Å²) < 4.78 is 5.62. The lowest BCUT2D eigenvalue weighted by molar-refractivity contribution is -0.213. The second-order valence-electron chi connectivity index (χ2n) is 11.6. The van der Waals surface area contributed by atoms with Gasteiger partial charge in [0.05, 0.1) is 18.7 Å². The van der Waals surface area contributed by atoms with Crippen LogP contribution in [0.3, 0.4) is 0 Å². The molecule has 1 saturated heterocycles. The first-order valence-electron chi connectivity index (χ1n) is 15.2. The van der Waals surface area contributed by atoms with E-state index in [0.29, 0.717) is 18.0 Å². The number of thiazole rings is 1. The number of ether oxygens (including phenoxy) is 1. The second kappa shape index (κ2) is 17.5. The predicted octanol–water partition coefficient (Wildman–Crippen LogP) is 4.83. The number of carbonyl (C=O) groups is 4. The third-order valence-electron chi connectivity index (χ3n) is 7.90. The minimum absolute atomic E-state index is 0.130. The van der Waals surface area contributed by atoms with Crippen molar-refractivity contribution in [3.63, 3.8) is 0 Å². The van der Waals surface area contributed by atoms with Gasteiger partial charge in [0.25, 0.3) is 5.91 Å². The summed E-state index contributed by atoms with van der Waals surface area (Å²) in [7, 11) is 1.94. The number of amides is 2. The Morgan fingerprint density at radius 3 is 2.45 bits per heavy atom. The highest BCUT2D eigenvalue weighted by molar-refractivity contribution is 7.09. The van der Waals surface area contributed by atoms with E-state index in [-0.39, 0.29) is 41.8 Å². The van der Waals surface area contributed by atoms with Gasteiger partial charge in [-0.3, -0.25) is 24.1 Å². The predicted molar refractivity (Wildman–Crippen MR) is 161 cm³/mol. The SMILES string of the molecule is CCCCCON(C(=O)C(NC(=O)[C@H]1CCCCN1C)C(C)CC)C(CC(OC(C)=O)c1nc(C(=O)O)cs1)C(C)C. The highest BCUT2D eigenvalue weighted by Gasteiger charge is 2.39. The van der Waals surface area contributed by atoms with Crippen molar-refractivity contribution in [3.8, 4) is 0 Å². The van der Waals surface area contributed by atoms with Gasteiger partial charge in [0.1, 0.15) is 11.0 Å². The van der Waals surface area contributed by atoms with Crippen LogP contribution in [0.5, 0.6) is 0 Å². The molecule has 1 aliphatic rings. The molecule has 0 aromatic carbocycles. The number of aromatic carboxylic acids is 1. The lowest BCUT2D eigenvalue weighted by atomic mass is 9.93. The summed E-state index contributed by atoms with van der Waals surface area (Å²) in [5, 5.41) is 15.6. The van der Waals surface area contributed by atoms with E-state index in [1.54, 1.807) is 0 Å². The van der Waals surface area contributed by atoms with Crippen LogP contribution in [-0.4, -0.2) is 82.1 Å². The third kappa shape index (κ3) is 10.3. The minimum Gasteiger partial charge on any atom is -0.476 e. The lowest BCUT2D eigenvalue weighted by Crippen LogP contribution is -2.58. The molecule has 1 aromatic heterocycles. The van der Waals surface area contributed by atoms with Crippen LogP contribution in [0, 0.1) is 11.8 Å². The number of carboxylic acid groups (broad SMARTS) is 1. The number of hydroxylamine groups is 2. The fourth-order valence-electron chi connectivity index (χ4n) is 5.11. The number of nitrogens with one attached hydrogen (secondary N) is 1. The van der Waals surface area contributed by atoms with Gasteiger partial charge < -0.3 is 15.2 Å². The number of likely N-dealkylation sites (tertiary alicyclic amines) is 1. The van der Waals surface area contributed by atoms with Crippen molar-refractivity contribution in [2.24, 2.45) is 11.8 Å². The van der Waals surface area contributed by atoms with Crippen molar-refractivity contribution in [2.75, 3.05) is 20.2 Å². The van der Waals surface area contributed by atoms with Crippen LogP contribution < -0.4 is 5.32 Å². The molecular formula is C30H50N4O7S. The Labute approximate surface area is 254 Å². The van der Waals surface area contributed by atoms with Crippen LogP contribution >= 0.6 is 11.3 Å². The Morgan fingerprint density at radius 1 is 1.19 bits per heavy atom. The van der Waals surface area contributed by atoms with Crippen molar-refractivity contribution in [2.45, 2.75) is 117 Å². The Hall–Kier alpha value is -2.57. The van der Waals surface area contributed by atoms with Crippen LogP contribution in [0.15, 0.2) is 5.38 Å². The molecular weight excluding hydrogens is 560 g/mol. The Bertz CT molecular complexity index is 1030. The molecule has 4 unspecified atom stereocenters. The van der Waals surface area contributed by atoms with Crippen molar-refractivity contribution in [1.29, 1.82) is 0 Å². The monoisotopic (exact) mass is 610 g/mol. The maximum Gasteiger partial charge on any atom is 0.355 e. The molecule has 2 amide bonds. The second-order valence-corrected chi connectivity index (χ2v) is 12.5. The Balaban J connectivity index is 2.43. The largest absolute Gasteiger partial charge is 0.476 e. The number of carboxylic acids is 1. The summed E-state index contributed by atoms with van der Waals surface area (Å²) in [4.78, 5) is 63.8. The van der Waals surface area contributed by atoms with Crippen molar-refractivity contribution in [3.05, 3.63) is 16.1 Å². The molecule has 1 fully saturated rings. The fraction of sp³-hybridized carbons (Fsp3) is 0.767. The normalized spacial score (nSPS) is 18.6. The molecule has 5 atom stereocenters. The molecule has 0 spiro atoms. The number of rotatable bonds is 17. The summed E-state index contributed by atoms with van der Waals surface area (Å²) in [6.45, 7) is 12.3. The summed E-state index contributed by atoms with van der Waals surface area (Å²) in [6.07, 6.45) is 5.35. The van der Waals surface area contributed by atoms with Gasteiger partial charge in [-0.15, -0.1) is 11.3 Å². The molecule has 0 radical (unpaired) electrons. The fourth-order valence-corrected chi connectivity index (χ4v) is 5.94. The van der Waals surface area contributed by atoms with E-state index >= 15 is 0 Å². The van der Waals surface area contributed by atoms with Gasteiger partial charge >= 0.3 is 11.9 Å². The molecule has 42 heavy (non-hydrogen) atoms. The third-order valence-corrected chi connectivity index (χ3v) is 8.83. The van der Waals surface area contributed by atoms with Crippen molar-refractivity contribution >= 4 is 35.1 Å². The molecule has 2 rings (SSSR count). The van der Waals surface area contributed by atoms with Gasteiger partial charge in [-0.1, -0.05) is 60.3 Å². The van der Waals surface area contributed by atoms with E-state index in [4.69, 9.17) is 9.57 Å². The van der Waals surface area contributed by atoms with Gasteiger partial charge in [-0.2, -0.15) is 0 Å². The highest BCUT2D eigenvalue weighted by atomic mass is 32.1. The van der Waals surface area contributed by atoms with E-state index in [1.807, 2.05) is 39.6 Å². The van der Waals surface area contributed by atoms with Crippen LogP contribution in [0.2, 0.25) is 0 Å². The summed E-state index contributed by atoms with van der Waals surface area (Å²) in [5.41, 5.74) is -0.135. The van der Waals surface area contributed by atoms with Gasteiger partial charge in [0, 0.05) is 18.7 Å². The molecule has 0 aliphatic carbocycles. The molecule has 0 bridgehead atoms. The standard InChI is InChI=1S/C30H50N4O7S/c1-8-10-13-16-40-34(29(37)26(20(5)9-2)32-27(36)23-14-11-12-15-33(23)7)24(19(3)4)17-25(41-21(6)35)28-31-22(18-42-28)30(38)39/h18-20,23-26H,8-17H2,1-7H3,(H,32,36)(H,38,39)/t20?,23-,24?,25?,26?/m1/s1. The van der Waals surface area contributed by atoms with Gasteiger partial charge in [-0.25, -0.2) is 14.8 Å². The smallest absolute Gasteiger partial charge is 0.355 e. The van der Waals surface area contributed by atoms with Crippen LogP contribution in [-0.2, 0) is 24.0 Å². The number of nitrogens with zero attached hydrogens (tertiary/aromatic N) is 3. The Morgan fingerprint density at radius 2 is 1.90 bits per heavy atom. The number of hydrogen-bond donors (Lipinski definition) is 2. The van der Waals surface area contributed by atoms with E-state index < -0.39 is 30.1 Å². The van der Waals surface area contributed by atoms with Gasteiger partial charge in [0.2, 0.25) is 5.91 Å².